The van der Waals surface area contributed by atoms with E-state index in [1.54, 1.807) is 0 Å². The molecule has 0 amide bonds. The number of rotatable bonds is 1. The molecule has 0 radical (unpaired) electrons. The fourth-order valence-corrected chi connectivity index (χ4v) is 1.91. The molecule has 1 unspecified atom stereocenters. The minimum atomic E-state index is 0.179. The van der Waals surface area contributed by atoms with Crippen LogP contribution in [0.2, 0.25) is 5.02 Å². The Hall–Kier alpha value is -0.820. The van der Waals surface area contributed by atoms with Crippen molar-refractivity contribution < 1.29 is 4.79 Å². The Kier molecular flexibility index (Phi) is 1.89. The van der Waals surface area contributed by atoms with E-state index >= 15 is 0 Å². The van der Waals surface area contributed by atoms with Gasteiger partial charge in [-0.3, -0.25) is 0 Å². The molecule has 62 valence electrons. The van der Waals surface area contributed by atoms with Crippen molar-refractivity contribution >= 4 is 17.9 Å². The van der Waals surface area contributed by atoms with Crippen molar-refractivity contribution in [1.29, 1.82) is 0 Å². The molecule has 2 rings (SSSR count). The third-order valence-corrected chi connectivity index (χ3v) is 2.56. The van der Waals surface area contributed by atoms with Crippen molar-refractivity contribution in [3.05, 3.63) is 34.3 Å². The predicted molar refractivity (Wildman–Crippen MR) is 48.4 cm³/mol. The Labute approximate surface area is 76.4 Å². The highest BCUT2D eigenvalue weighted by Crippen LogP contribution is 2.27. The van der Waals surface area contributed by atoms with Gasteiger partial charge in [0.15, 0.2) is 0 Å². The van der Waals surface area contributed by atoms with Gasteiger partial charge >= 0.3 is 0 Å². The highest BCUT2D eigenvalue weighted by Gasteiger charge is 2.20. The van der Waals surface area contributed by atoms with Gasteiger partial charge < -0.3 is 4.79 Å². The number of benzene rings is 1. The molecule has 0 saturated carbocycles. The molecule has 1 nitrogen and oxygen atoms in total. The molecule has 1 atom stereocenters. The third kappa shape index (κ3) is 1.25. The molecule has 0 fully saturated rings. The van der Waals surface area contributed by atoms with Crippen molar-refractivity contribution in [2.24, 2.45) is 5.92 Å². The average Bonchev–Trinajstić information content (AvgIpc) is 2.46. The molecule has 0 bridgehead atoms. The number of aldehydes is 1. The van der Waals surface area contributed by atoms with E-state index < -0.39 is 0 Å². The van der Waals surface area contributed by atoms with Gasteiger partial charge in [-0.05, 0) is 36.1 Å². The van der Waals surface area contributed by atoms with Gasteiger partial charge in [0.2, 0.25) is 0 Å². The number of carbonyl (C=O) groups excluding carboxylic acids is 1. The van der Waals surface area contributed by atoms with Crippen LogP contribution >= 0.6 is 11.6 Å². The second-order valence-corrected chi connectivity index (χ2v) is 3.65. The van der Waals surface area contributed by atoms with E-state index in [9.17, 15) is 4.79 Å². The van der Waals surface area contributed by atoms with Crippen LogP contribution < -0.4 is 0 Å². The van der Waals surface area contributed by atoms with Gasteiger partial charge in [-0.2, -0.15) is 0 Å². The van der Waals surface area contributed by atoms with Gasteiger partial charge in [-0.25, -0.2) is 0 Å². The molecular weight excluding hydrogens is 172 g/mol. The van der Waals surface area contributed by atoms with Gasteiger partial charge in [0.05, 0.1) is 0 Å². The first-order valence-electron chi connectivity index (χ1n) is 4.02. The number of hydrogen-bond donors (Lipinski definition) is 0. The SMILES string of the molecule is O=CC1Cc2ccc(Cl)cc2C1. The van der Waals surface area contributed by atoms with Gasteiger partial charge in [0.25, 0.3) is 0 Å². The maximum Gasteiger partial charge on any atom is 0.123 e. The molecule has 0 heterocycles. The summed E-state index contributed by atoms with van der Waals surface area (Å²) >= 11 is 5.83. The average molecular weight is 181 g/mol. The number of carbonyl (C=O) groups is 1. The molecule has 12 heavy (non-hydrogen) atoms. The van der Waals surface area contributed by atoms with Gasteiger partial charge in [-0.15, -0.1) is 0 Å². The monoisotopic (exact) mass is 180 g/mol. The zero-order valence-electron chi connectivity index (χ0n) is 6.59. The Morgan fingerprint density at radius 2 is 2.08 bits per heavy atom. The molecule has 0 aromatic heterocycles. The van der Waals surface area contributed by atoms with E-state index in [-0.39, 0.29) is 5.92 Å². The van der Waals surface area contributed by atoms with E-state index in [1.807, 2.05) is 18.2 Å². The number of halogens is 1. The van der Waals surface area contributed by atoms with Crippen LogP contribution in [0.4, 0.5) is 0 Å². The summed E-state index contributed by atoms with van der Waals surface area (Å²) in [7, 11) is 0. The summed E-state index contributed by atoms with van der Waals surface area (Å²) in [6.07, 6.45) is 2.78. The normalized spacial score (nSPS) is 20.6. The lowest BCUT2D eigenvalue weighted by molar-refractivity contribution is -0.110. The van der Waals surface area contributed by atoms with Crippen LogP contribution in [0.3, 0.4) is 0 Å². The van der Waals surface area contributed by atoms with E-state index in [4.69, 9.17) is 11.6 Å². The maximum atomic E-state index is 10.5. The van der Waals surface area contributed by atoms with E-state index in [0.717, 1.165) is 24.2 Å². The summed E-state index contributed by atoms with van der Waals surface area (Å²) in [5, 5.41) is 0.764. The molecule has 1 aliphatic carbocycles. The Morgan fingerprint density at radius 3 is 2.83 bits per heavy atom. The standard InChI is InChI=1S/C10H9ClO/c11-10-2-1-8-3-7(6-12)4-9(8)5-10/h1-2,5-7H,3-4H2. The first-order valence-corrected chi connectivity index (χ1v) is 4.40. The summed E-state index contributed by atoms with van der Waals surface area (Å²) in [4.78, 5) is 10.5. The zero-order valence-corrected chi connectivity index (χ0v) is 7.34. The summed E-state index contributed by atoms with van der Waals surface area (Å²) in [6, 6.07) is 5.86. The van der Waals surface area contributed by atoms with Gasteiger partial charge in [0, 0.05) is 10.9 Å². The minimum absolute atomic E-state index is 0.179. The maximum absolute atomic E-state index is 10.5. The zero-order chi connectivity index (χ0) is 8.55. The Morgan fingerprint density at radius 1 is 1.33 bits per heavy atom. The predicted octanol–water partition coefficient (Wildman–Crippen LogP) is 2.25. The lowest BCUT2D eigenvalue weighted by Gasteiger charge is -1.96. The fraction of sp³-hybridized carbons (Fsp3) is 0.300. The van der Waals surface area contributed by atoms with Crippen molar-refractivity contribution in [3.8, 4) is 0 Å². The molecule has 0 saturated heterocycles. The topological polar surface area (TPSA) is 17.1 Å². The summed E-state index contributed by atoms with van der Waals surface area (Å²) in [5.74, 6) is 0.179. The van der Waals surface area contributed by atoms with Crippen LogP contribution in [-0.2, 0) is 17.6 Å². The minimum Gasteiger partial charge on any atom is -0.303 e. The summed E-state index contributed by atoms with van der Waals surface area (Å²) in [5.41, 5.74) is 2.51. The Bertz CT molecular complexity index is 320. The van der Waals surface area contributed by atoms with Crippen molar-refractivity contribution in [2.75, 3.05) is 0 Å². The van der Waals surface area contributed by atoms with Crippen LogP contribution in [-0.4, -0.2) is 6.29 Å². The Balaban J connectivity index is 2.35. The molecule has 0 N–H and O–H groups in total. The van der Waals surface area contributed by atoms with Crippen LogP contribution in [0.5, 0.6) is 0 Å². The van der Waals surface area contributed by atoms with Crippen LogP contribution in [0.25, 0.3) is 0 Å². The van der Waals surface area contributed by atoms with E-state index in [0.29, 0.717) is 0 Å². The first kappa shape index (κ1) is 7.81. The van der Waals surface area contributed by atoms with Crippen molar-refractivity contribution in [3.63, 3.8) is 0 Å². The lowest BCUT2D eigenvalue weighted by Crippen LogP contribution is -1.99. The van der Waals surface area contributed by atoms with Gasteiger partial charge in [0.1, 0.15) is 6.29 Å². The molecule has 0 spiro atoms. The fourth-order valence-electron chi connectivity index (χ4n) is 1.72. The highest BCUT2D eigenvalue weighted by atomic mass is 35.5. The van der Waals surface area contributed by atoms with Crippen molar-refractivity contribution in [1.82, 2.24) is 0 Å². The van der Waals surface area contributed by atoms with Crippen molar-refractivity contribution in [2.45, 2.75) is 12.8 Å². The molecule has 1 aromatic carbocycles. The summed E-state index contributed by atoms with van der Waals surface area (Å²) in [6.45, 7) is 0. The number of hydrogen-bond acceptors (Lipinski definition) is 1. The van der Waals surface area contributed by atoms with Crippen LogP contribution in [0, 0.1) is 5.92 Å². The molecular formula is C10H9ClO. The first-order chi connectivity index (χ1) is 5.79. The summed E-state index contributed by atoms with van der Waals surface area (Å²) < 4.78 is 0. The molecule has 0 aliphatic heterocycles. The molecule has 1 aliphatic rings. The van der Waals surface area contributed by atoms with Crippen LogP contribution in [0.1, 0.15) is 11.1 Å². The number of fused-ring (bicyclic) bond motifs is 1. The largest absolute Gasteiger partial charge is 0.303 e. The quantitative estimate of drug-likeness (QED) is 0.606. The molecule has 2 heteroatoms. The highest BCUT2D eigenvalue weighted by molar-refractivity contribution is 6.30. The second kappa shape index (κ2) is 2.91. The smallest absolute Gasteiger partial charge is 0.123 e. The third-order valence-electron chi connectivity index (χ3n) is 2.32. The van der Waals surface area contributed by atoms with E-state index in [1.165, 1.54) is 11.1 Å². The lowest BCUT2D eigenvalue weighted by atomic mass is 10.1. The molecule has 1 aromatic rings. The van der Waals surface area contributed by atoms with E-state index in [2.05, 4.69) is 0 Å². The van der Waals surface area contributed by atoms with Gasteiger partial charge in [-0.1, -0.05) is 17.7 Å². The van der Waals surface area contributed by atoms with Crippen LogP contribution in [0.15, 0.2) is 18.2 Å². The second-order valence-electron chi connectivity index (χ2n) is 3.22.